The van der Waals surface area contributed by atoms with Crippen molar-refractivity contribution in [2.24, 2.45) is 0 Å². The van der Waals surface area contributed by atoms with E-state index in [1.54, 1.807) is 38.5 Å². The summed E-state index contributed by atoms with van der Waals surface area (Å²) in [4.78, 5) is 57.0. The van der Waals surface area contributed by atoms with Gasteiger partial charge in [-0.1, -0.05) is 13.8 Å². The molecule has 0 unspecified atom stereocenters. The van der Waals surface area contributed by atoms with Gasteiger partial charge >= 0.3 is 0 Å². The van der Waals surface area contributed by atoms with Crippen molar-refractivity contribution in [1.29, 1.82) is 0 Å². The van der Waals surface area contributed by atoms with Crippen LogP contribution in [0, 0.1) is 20.2 Å². The maximum atomic E-state index is 13.9. The number of phenols is 1. The molecule has 2 aliphatic rings. The average molecular weight is 843 g/mol. The topological polar surface area (TPSA) is 184 Å². The Bertz CT molecular complexity index is 2270. The van der Waals surface area contributed by atoms with Crippen LogP contribution in [0.25, 0.3) is 0 Å². The first-order chi connectivity index (χ1) is 28.4. The van der Waals surface area contributed by atoms with Crippen LogP contribution >= 0.6 is 22.7 Å². The zero-order chi connectivity index (χ0) is 42.0. The average Bonchev–Trinajstić information content (AvgIpc) is 3.91. The van der Waals surface area contributed by atoms with Crippen LogP contribution in [-0.2, 0) is 39.1 Å². The van der Waals surface area contributed by atoms with Gasteiger partial charge in [0.1, 0.15) is 30.1 Å². The lowest BCUT2D eigenvalue weighted by molar-refractivity contribution is -0.385. The van der Waals surface area contributed by atoms with Crippen LogP contribution in [0.4, 0.5) is 11.4 Å². The quantitative estimate of drug-likeness (QED) is 0.0836. The molecule has 0 aliphatic carbocycles. The van der Waals surface area contributed by atoms with Crippen molar-refractivity contribution >= 4 is 45.9 Å². The van der Waals surface area contributed by atoms with E-state index in [0.717, 1.165) is 11.1 Å². The number of carbonyl (C=O) groups is 2. The molecular weight excluding hydrogens is 801 g/mol. The van der Waals surface area contributed by atoms with Crippen molar-refractivity contribution < 1.29 is 43.5 Å². The van der Waals surface area contributed by atoms with Gasteiger partial charge in [0, 0.05) is 59.9 Å². The fourth-order valence-electron chi connectivity index (χ4n) is 7.68. The van der Waals surface area contributed by atoms with E-state index in [4.69, 9.17) is 18.9 Å². The minimum atomic E-state index is -0.625. The summed E-state index contributed by atoms with van der Waals surface area (Å²) < 4.78 is 23.1. The third-order valence-electron chi connectivity index (χ3n) is 10.8. The first kappa shape index (κ1) is 41.0. The summed E-state index contributed by atoms with van der Waals surface area (Å²) in [5.74, 6) is -0.836. The van der Waals surface area contributed by atoms with Crippen LogP contribution in [0.3, 0.4) is 0 Å². The molecule has 7 rings (SSSR count). The highest BCUT2D eigenvalue weighted by atomic mass is 32.1. The molecule has 2 atom stereocenters. The predicted molar refractivity (Wildman–Crippen MR) is 220 cm³/mol. The Hall–Kier alpha value is -6.20. The number of hydrogen-bond donors (Lipinski definition) is 1. The van der Waals surface area contributed by atoms with Gasteiger partial charge in [-0.25, -0.2) is 0 Å². The monoisotopic (exact) mass is 842 g/mol. The number of amides is 2. The fourth-order valence-corrected chi connectivity index (χ4v) is 9.62. The molecule has 2 aliphatic heterocycles. The highest BCUT2D eigenvalue weighted by Gasteiger charge is 2.36. The molecule has 0 spiro atoms. The van der Waals surface area contributed by atoms with Crippen LogP contribution in [0.5, 0.6) is 28.7 Å². The number of methoxy groups -OCH3 is 2. The Kier molecular flexibility index (Phi) is 12.0. The van der Waals surface area contributed by atoms with Gasteiger partial charge in [-0.3, -0.25) is 29.8 Å². The van der Waals surface area contributed by atoms with Crippen molar-refractivity contribution in [2.45, 2.75) is 77.9 Å². The number of nitro benzene ring substituents is 2. The number of nitro groups is 2. The number of benzene rings is 3. The second kappa shape index (κ2) is 17.3. The number of nitrogens with zero attached hydrogens (tertiary/aromatic N) is 4. The van der Waals surface area contributed by atoms with Crippen LogP contribution in [0.1, 0.15) is 79.4 Å². The Morgan fingerprint density at radius 3 is 1.49 bits per heavy atom. The number of rotatable bonds is 14. The lowest BCUT2D eigenvalue weighted by atomic mass is 9.98. The summed E-state index contributed by atoms with van der Waals surface area (Å²) in [5, 5.41) is 39.3. The van der Waals surface area contributed by atoms with Gasteiger partial charge in [-0.05, 0) is 76.2 Å². The molecule has 1 N–H and O–H groups in total. The summed E-state index contributed by atoms with van der Waals surface area (Å²) in [6.45, 7) is 4.33. The van der Waals surface area contributed by atoms with Gasteiger partial charge in [0.25, 0.3) is 23.2 Å². The summed E-state index contributed by atoms with van der Waals surface area (Å²) in [6, 6.07) is 13.2. The second-order valence-electron chi connectivity index (χ2n) is 14.3. The molecule has 5 aromatic rings. The Labute approximate surface area is 347 Å². The summed E-state index contributed by atoms with van der Waals surface area (Å²) in [7, 11) is 2.74. The zero-order valence-corrected chi connectivity index (χ0v) is 34.4. The number of ether oxygens (including phenoxy) is 4. The molecule has 59 heavy (non-hydrogen) atoms. The number of hydrogen-bond acceptors (Lipinski definition) is 13. The minimum absolute atomic E-state index is 0.0138. The molecular formula is C42H42N4O11S2. The van der Waals surface area contributed by atoms with Crippen molar-refractivity contribution in [2.75, 3.05) is 14.2 Å². The van der Waals surface area contributed by atoms with E-state index in [-0.39, 0.29) is 65.2 Å². The standard InChI is InChI=1S/C42H42N4O11S2/c1-5-28-14-39-26(7-9-58-39)20-43(28)41(48)31-16-35(54-3)37(18-33(31)45(50)51)56-22-24-11-25(13-30(47)12-24)23-57-38-19-34(46(52)53)32(17-36(38)55-4)42(49)44-21-27-8-10-59-40(27)15-29(44)6-2/h7-13,16-19,28-29,47H,5-6,14-15,20-23H2,1-4H3/t28-,29-/m1/s1. The summed E-state index contributed by atoms with van der Waals surface area (Å²) in [6.07, 6.45) is 2.72. The SMILES string of the molecule is CC[C@@H]1Cc2sccc2CN1C(=O)c1cc(OC)c(OCc2cc(O)cc(COc3cc([N+](=O)[O-])c(C(=O)N4Cc5ccsc5C[C@H]4CC)cc3OC)c2)cc1[N+](=O)[O-]. The second-order valence-corrected chi connectivity index (χ2v) is 16.3. The molecule has 0 fully saturated rings. The molecule has 2 amide bonds. The number of carbonyl (C=O) groups excluding carboxylic acids is 2. The van der Waals surface area contributed by atoms with Crippen molar-refractivity contribution in [3.8, 4) is 28.7 Å². The molecule has 0 radical (unpaired) electrons. The van der Waals surface area contributed by atoms with E-state index in [9.17, 15) is 34.9 Å². The van der Waals surface area contributed by atoms with E-state index in [1.807, 2.05) is 36.7 Å². The van der Waals surface area contributed by atoms with Crippen LogP contribution < -0.4 is 18.9 Å². The lowest BCUT2D eigenvalue weighted by Crippen LogP contribution is -2.43. The first-order valence-electron chi connectivity index (χ1n) is 18.9. The lowest BCUT2D eigenvalue weighted by Gasteiger charge is -2.35. The molecule has 15 nitrogen and oxygen atoms in total. The largest absolute Gasteiger partial charge is 0.508 e. The van der Waals surface area contributed by atoms with Crippen molar-refractivity contribution in [3.05, 3.63) is 129 Å². The highest BCUT2D eigenvalue weighted by Crippen LogP contribution is 2.40. The van der Waals surface area contributed by atoms with Gasteiger partial charge < -0.3 is 33.9 Å². The molecule has 3 aromatic carbocycles. The molecule has 308 valence electrons. The Balaban J connectivity index is 1.08. The van der Waals surface area contributed by atoms with E-state index in [2.05, 4.69) is 0 Å². The van der Waals surface area contributed by atoms with Gasteiger partial charge in [0.05, 0.1) is 36.2 Å². The summed E-state index contributed by atoms with van der Waals surface area (Å²) in [5.41, 5.74) is 1.87. The van der Waals surface area contributed by atoms with Gasteiger partial charge in [-0.15, -0.1) is 22.7 Å². The number of phenolic OH excluding ortho intramolecular Hbond substituents is 1. The molecule has 17 heteroatoms. The van der Waals surface area contributed by atoms with E-state index in [0.29, 0.717) is 49.9 Å². The molecule has 0 saturated heterocycles. The fraction of sp³-hybridized carbons (Fsp3) is 0.333. The van der Waals surface area contributed by atoms with E-state index >= 15 is 0 Å². The van der Waals surface area contributed by atoms with Gasteiger partial charge in [0.15, 0.2) is 23.0 Å². The van der Waals surface area contributed by atoms with Gasteiger partial charge in [-0.2, -0.15) is 0 Å². The molecule has 0 saturated carbocycles. The number of aromatic hydroxyl groups is 1. The maximum Gasteiger partial charge on any atom is 0.286 e. The van der Waals surface area contributed by atoms with Crippen molar-refractivity contribution in [1.82, 2.24) is 9.80 Å². The van der Waals surface area contributed by atoms with Crippen LogP contribution in [0.2, 0.25) is 0 Å². The first-order valence-corrected chi connectivity index (χ1v) is 20.7. The number of fused-ring (bicyclic) bond motifs is 2. The Morgan fingerprint density at radius 2 is 1.12 bits per heavy atom. The molecule has 4 heterocycles. The Morgan fingerprint density at radius 1 is 0.695 bits per heavy atom. The molecule has 2 aromatic heterocycles. The third-order valence-corrected chi connectivity index (χ3v) is 12.8. The smallest absolute Gasteiger partial charge is 0.286 e. The normalized spacial score (nSPS) is 15.9. The highest BCUT2D eigenvalue weighted by molar-refractivity contribution is 7.10. The molecule has 0 bridgehead atoms. The summed E-state index contributed by atoms with van der Waals surface area (Å²) >= 11 is 3.28. The van der Waals surface area contributed by atoms with E-state index < -0.39 is 33.0 Å². The van der Waals surface area contributed by atoms with Crippen molar-refractivity contribution in [3.63, 3.8) is 0 Å². The van der Waals surface area contributed by atoms with Crippen LogP contribution in [-0.4, -0.2) is 62.9 Å². The minimum Gasteiger partial charge on any atom is -0.508 e. The number of thiophene rings is 2. The van der Waals surface area contributed by atoms with Crippen LogP contribution in [0.15, 0.2) is 65.4 Å². The predicted octanol–water partition coefficient (Wildman–Crippen LogP) is 8.46. The van der Waals surface area contributed by atoms with Gasteiger partial charge in [0.2, 0.25) is 0 Å². The third kappa shape index (κ3) is 8.38. The maximum absolute atomic E-state index is 13.9. The van der Waals surface area contributed by atoms with E-state index in [1.165, 1.54) is 60.4 Å². The zero-order valence-electron chi connectivity index (χ0n) is 32.8.